The molecule has 0 aliphatic heterocycles. The molecule has 0 saturated carbocycles. The maximum absolute atomic E-state index is 11.5. The van der Waals surface area contributed by atoms with E-state index in [0.717, 1.165) is 32.9 Å². The van der Waals surface area contributed by atoms with Crippen molar-refractivity contribution in [2.24, 2.45) is 5.73 Å². The minimum Gasteiger partial charge on any atom is -0.497 e. The monoisotopic (exact) mass is 365 g/mol. The van der Waals surface area contributed by atoms with Gasteiger partial charge in [0.25, 0.3) is 5.91 Å². The van der Waals surface area contributed by atoms with Gasteiger partial charge < -0.3 is 15.4 Å². The number of nitrogens with two attached hydrogens (primary N) is 1. The Morgan fingerprint density at radius 1 is 1.12 bits per heavy atom. The SMILES string of the molecule is COc1ccc(N(C)c2ncnc3ccc4nc(C(N)=O)sc4c23)cc1. The second kappa shape index (κ2) is 6.23. The summed E-state index contributed by atoms with van der Waals surface area (Å²) >= 11 is 1.26. The van der Waals surface area contributed by atoms with Crippen molar-refractivity contribution in [1.29, 1.82) is 0 Å². The number of hydrogen-bond donors (Lipinski definition) is 1. The number of fused-ring (bicyclic) bond motifs is 3. The van der Waals surface area contributed by atoms with Crippen molar-refractivity contribution in [2.75, 3.05) is 19.1 Å². The Balaban J connectivity index is 1.93. The average molecular weight is 365 g/mol. The molecule has 0 spiro atoms. The molecule has 0 aliphatic carbocycles. The third-order valence-electron chi connectivity index (χ3n) is 4.12. The molecule has 0 bridgehead atoms. The Morgan fingerprint density at radius 3 is 2.54 bits per heavy atom. The summed E-state index contributed by atoms with van der Waals surface area (Å²) in [5.74, 6) is 0.970. The topological polar surface area (TPSA) is 94.2 Å². The second-order valence-corrected chi connectivity index (χ2v) is 6.64. The predicted octanol–water partition coefficient (Wildman–Crippen LogP) is 3.11. The van der Waals surface area contributed by atoms with Gasteiger partial charge in [-0.1, -0.05) is 0 Å². The number of anilines is 2. The summed E-state index contributed by atoms with van der Waals surface area (Å²) in [6.07, 6.45) is 1.53. The highest BCUT2D eigenvalue weighted by molar-refractivity contribution is 7.21. The van der Waals surface area contributed by atoms with E-state index in [0.29, 0.717) is 5.52 Å². The number of rotatable bonds is 4. The molecule has 0 unspecified atom stereocenters. The van der Waals surface area contributed by atoms with Crippen molar-refractivity contribution in [1.82, 2.24) is 15.0 Å². The lowest BCUT2D eigenvalue weighted by atomic mass is 10.2. The molecule has 2 aromatic heterocycles. The van der Waals surface area contributed by atoms with Crippen LogP contribution in [0.5, 0.6) is 5.75 Å². The number of amides is 1. The van der Waals surface area contributed by atoms with Crippen LogP contribution in [0, 0.1) is 0 Å². The van der Waals surface area contributed by atoms with Crippen LogP contribution in [0.2, 0.25) is 0 Å². The molecule has 2 heterocycles. The van der Waals surface area contributed by atoms with Crippen molar-refractivity contribution in [2.45, 2.75) is 0 Å². The van der Waals surface area contributed by atoms with E-state index in [1.165, 1.54) is 17.7 Å². The van der Waals surface area contributed by atoms with Crippen LogP contribution in [0.3, 0.4) is 0 Å². The van der Waals surface area contributed by atoms with Gasteiger partial charge in [0.05, 0.1) is 28.2 Å². The van der Waals surface area contributed by atoms with Gasteiger partial charge in [0.2, 0.25) is 0 Å². The van der Waals surface area contributed by atoms with Crippen LogP contribution < -0.4 is 15.4 Å². The van der Waals surface area contributed by atoms with Gasteiger partial charge in [0, 0.05) is 12.7 Å². The van der Waals surface area contributed by atoms with Crippen LogP contribution in [-0.4, -0.2) is 35.0 Å². The van der Waals surface area contributed by atoms with Crippen molar-refractivity contribution in [3.05, 3.63) is 47.7 Å². The normalized spacial score (nSPS) is 11.0. The largest absolute Gasteiger partial charge is 0.497 e. The molecule has 130 valence electrons. The zero-order valence-corrected chi connectivity index (χ0v) is 14.9. The number of aromatic nitrogens is 3. The molecule has 0 fully saturated rings. The highest BCUT2D eigenvalue weighted by Gasteiger charge is 2.17. The van der Waals surface area contributed by atoms with E-state index < -0.39 is 5.91 Å². The van der Waals surface area contributed by atoms with E-state index in [-0.39, 0.29) is 5.01 Å². The summed E-state index contributed by atoms with van der Waals surface area (Å²) in [4.78, 5) is 26.6. The Labute approximate surface area is 153 Å². The zero-order valence-electron chi connectivity index (χ0n) is 14.1. The van der Waals surface area contributed by atoms with Gasteiger partial charge in [0.15, 0.2) is 5.01 Å². The third-order valence-corrected chi connectivity index (χ3v) is 5.23. The molecule has 0 atom stereocenters. The molecule has 0 aliphatic rings. The van der Waals surface area contributed by atoms with Crippen LogP contribution in [0.15, 0.2) is 42.7 Å². The van der Waals surface area contributed by atoms with E-state index in [2.05, 4.69) is 15.0 Å². The van der Waals surface area contributed by atoms with E-state index in [1.54, 1.807) is 7.11 Å². The molecule has 26 heavy (non-hydrogen) atoms. The Bertz CT molecular complexity index is 1120. The fourth-order valence-corrected chi connectivity index (χ4v) is 3.76. The first kappa shape index (κ1) is 16.2. The van der Waals surface area contributed by atoms with Gasteiger partial charge in [-0.05, 0) is 36.4 Å². The summed E-state index contributed by atoms with van der Waals surface area (Å²) in [6, 6.07) is 11.4. The van der Waals surface area contributed by atoms with E-state index >= 15 is 0 Å². The molecular formula is C18H15N5O2S. The number of carbonyl (C=O) groups is 1. The second-order valence-electron chi connectivity index (χ2n) is 5.65. The van der Waals surface area contributed by atoms with Crippen LogP contribution in [-0.2, 0) is 0 Å². The molecule has 4 aromatic rings. The molecule has 0 radical (unpaired) electrons. The maximum atomic E-state index is 11.5. The average Bonchev–Trinajstić information content (AvgIpc) is 3.12. The van der Waals surface area contributed by atoms with Crippen molar-refractivity contribution in [3.8, 4) is 5.75 Å². The number of carbonyl (C=O) groups excluding carboxylic acids is 1. The molecule has 0 saturated heterocycles. The molecule has 1 amide bonds. The number of nitrogens with zero attached hydrogens (tertiary/aromatic N) is 4. The van der Waals surface area contributed by atoms with E-state index in [4.69, 9.17) is 10.5 Å². The van der Waals surface area contributed by atoms with Crippen LogP contribution in [0.4, 0.5) is 11.5 Å². The van der Waals surface area contributed by atoms with Crippen LogP contribution >= 0.6 is 11.3 Å². The maximum Gasteiger partial charge on any atom is 0.277 e. The fourth-order valence-electron chi connectivity index (χ4n) is 2.80. The summed E-state index contributed by atoms with van der Waals surface area (Å²) in [5.41, 5.74) is 7.82. The lowest BCUT2D eigenvalue weighted by Crippen LogP contribution is -2.12. The van der Waals surface area contributed by atoms with Gasteiger partial charge in [-0.3, -0.25) is 4.79 Å². The van der Waals surface area contributed by atoms with Gasteiger partial charge >= 0.3 is 0 Å². The molecule has 4 rings (SSSR count). The first-order valence-corrected chi connectivity index (χ1v) is 8.62. The Hall–Kier alpha value is -3.26. The van der Waals surface area contributed by atoms with Gasteiger partial charge in [-0.25, -0.2) is 15.0 Å². The summed E-state index contributed by atoms with van der Waals surface area (Å²) in [5, 5.41) is 1.11. The first-order chi connectivity index (χ1) is 12.6. The Morgan fingerprint density at radius 2 is 1.85 bits per heavy atom. The van der Waals surface area contributed by atoms with Crippen LogP contribution in [0.25, 0.3) is 21.1 Å². The third kappa shape index (κ3) is 2.60. The minimum atomic E-state index is -0.541. The number of hydrogen-bond acceptors (Lipinski definition) is 7. The fraction of sp³-hybridized carbons (Fsp3) is 0.111. The predicted molar refractivity (Wildman–Crippen MR) is 102 cm³/mol. The zero-order chi connectivity index (χ0) is 18.3. The number of benzene rings is 2. The highest BCUT2D eigenvalue weighted by Crippen LogP contribution is 2.36. The van der Waals surface area contributed by atoms with E-state index in [9.17, 15) is 4.79 Å². The molecule has 2 N–H and O–H groups in total. The molecule has 2 aromatic carbocycles. The summed E-state index contributed by atoms with van der Waals surface area (Å²) < 4.78 is 6.05. The number of methoxy groups -OCH3 is 1. The van der Waals surface area contributed by atoms with E-state index in [1.807, 2.05) is 48.3 Å². The van der Waals surface area contributed by atoms with Gasteiger partial charge in [-0.15, -0.1) is 11.3 Å². The van der Waals surface area contributed by atoms with Crippen molar-refractivity contribution < 1.29 is 9.53 Å². The smallest absolute Gasteiger partial charge is 0.277 e. The Kier molecular flexibility index (Phi) is 3.89. The first-order valence-electron chi connectivity index (χ1n) is 7.80. The van der Waals surface area contributed by atoms with Gasteiger partial charge in [0.1, 0.15) is 17.9 Å². The quantitative estimate of drug-likeness (QED) is 0.597. The summed E-state index contributed by atoms with van der Waals surface area (Å²) in [7, 11) is 3.56. The molecular weight excluding hydrogens is 350 g/mol. The van der Waals surface area contributed by atoms with Crippen molar-refractivity contribution in [3.63, 3.8) is 0 Å². The lowest BCUT2D eigenvalue weighted by molar-refractivity contribution is 0.1000. The standard InChI is InChI=1S/C18H15N5O2S/c1-23(10-3-5-11(25-2)6-4-10)17-14-12(20-9-21-17)7-8-13-15(14)26-18(22-13)16(19)24/h3-9H,1-2H3,(H2,19,24). The number of ether oxygens (including phenoxy) is 1. The molecule has 8 heteroatoms. The van der Waals surface area contributed by atoms with Gasteiger partial charge in [-0.2, -0.15) is 0 Å². The summed E-state index contributed by atoms with van der Waals surface area (Å²) in [6.45, 7) is 0. The van der Waals surface area contributed by atoms with Crippen LogP contribution in [0.1, 0.15) is 9.80 Å². The highest BCUT2D eigenvalue weighted by atomic mass is 32.1. The minimum absolute atomic E-state index is 0.273. The molecule has 7 nitrogen and oxygen atoms in total. The number of primary amides is 1. The van der Waals surface area contributed by atoms with Crippen molar-refractivity contribution >= 4 is 49.9 Å². The number of thiazole rings is 1. The lowest BCUT2D eigenvalue weighted by Gasteiger charge is -2.20.